The van der Waals surface area contributed by atoms with Crippen LogP contribution in [-0.2, 0) is 5.54 Å². The molecule has 0 spiro atoms. The summed E-state index contributed by atoms with van der Waals surface area (Å²) in [5.41, 5.74) is 2.87. The molecule has 4 nitrogen and oxygen atoms in total. The van der Waals surface area contributed by atoms with E-state index in [1.54, 1.807) is 0 Å². The van der Waals surface area contributed by atoms with Gasteiger partial charge in [-0.05, 0) is 72.8 Å². The number of nitrogens with zero attached hydrogens (tertiary/aromatic N) is 2. The van der Waals surface area contributed by atoms with Gasteiger partial charge < -0.3 is 9.80 Å². The van der Waals surface area contributed by atoms with Gasteiger partial charge in [0.2, 0.25) is 0 Å². The summed E-state index contributed by atoms with van der Waals surface area (Å²) in [4.78, 5) is 30.4. The summed E-state index contributed by atoms with van der Waals surface area (Å²) in [5.74, 6) is 0.199. The van der Waals surface area contributed by atoms with Crippen LogP contribution >= 0.6 is 0 Å². The van der Waals surface area contributed by atoms with Gasteiger partial charge in [-0.3, -0.25) is 9.59 Å². The lowest BCUT2D eigenvalue weighted by atomic mass is 9.65. The normalized spacial score (nSPS) is 27.1. The number of amides is 2. The Morgan fingerprint density at radius 3 is 2.19 bits per heavy atom. The van der Waals surface area contributed by atoms with Crippen molar-refractivity contribution >= 4 is 11.8 Å². The smallest absolute Gasteiger partial charge is 0.254 e. The van der Waals surface area contributed by atoms with Gasteiger partial charge >= 0.3 is 0 Å². The zero-order valence-corrected chi connectivity index (χ0v) is 19.7. The molecule has 168 valence electrons. The van der Waals surface area contributed by atoms with Crippen LogP contribution in [0.15, 0.2) is 54.6 Å². The van der Waals surface area contributed by atoms with Gasteiger partial charge in [0.25, 0.3) is 11.8 Å². The molecular formula is C28H34N2O2. The standard InChI is InChI=1S/C28H34N2O2/c1-26(2)16-23-17-27(3,18-26)19-30(23)25(32)21-10-12-22(13-11-21)28(14-15-28)29(4)24(31)20-8-6-5-7-9-20/h5-13,23H,14-19H2,1-4H3. The quantitative estimate of drug-likeness (QED) is 0.644. The highest BCUT2D eigenvalue weighted by molar-refractivity contribution is 5.96. The Hall–Kier alpha value is -2.62. The molecule has 4 heteroatoms. The van der Waals surface area contributed by atoms with Crippen LogP contribution in [0.2, 0.25) is 0 Å². The number of hydrogen-bond acceptors (Lipinski definition) is 2. The van der Waals surface area contributed by atoms with Gasteiger partial charge in [0.1, 0.15) is 0 Å². The van der Waals surface area contributed by atoms with Gasteiger partial charge in [-0.2, -0.15) is 0 Å². The Balaban J connectivity index is 1.34. The summed E-state index contributed by atoms with van der Waals surface area (Å²) in [7, 11) is 1.90. The maximum Gasteiger partial charge on any atom is 0.254 e. The second-order valence-corrected chi connectivity index (χ2v) is 11.5. The van der Waals surface area contributed by atoms with Gasteiger partial charge in [-0.1, -0.05) is 51.1 Å². The third-order valence-corrected chi connectivity index (χ3v) is 8.04. The second kappa shape index (κ2) is 7.19. The van der Waals surface area contributed by atoms with Crippen molar-refractivity contribution in [1.82, 2.24) is 9.80 Å². The number of fused-ring (bicyclic) bond motifs is 2. The summed E-state index contributed by atoms with van der Waals surface area (Å²) in [6, 6.07) is 17.9. The molecule has 0 aromatic heterocycles. The average Bonchev–Trinajstić information content (AvgIpc) is 3.53. The van der Waals surface area contributed by atoms with Crippen molar-refractivity contribution in [1.29, 1.82) is 0 Å². The van der Waals surface area contributed by atoms with Crippen LogP contribution in [0.3, 0.4) is 0 Å². The summed E-state index contributed by atoms with van der Waals surface area (Å²) >= 11 is 0. The summed E-state index contributed by atoms with van der Waals surface area (Å²) in [6.45, 7) is 7.87. The predicted octanol–water partition coefficient (Wildman–Crippen LogP) is 5.49. The Bertz CT molecular complexity index is 1040. The SMILES string of the molecule is CN(C(=O)c1ccccc1)C1(c2ccc(C(=O)N3CC4(C)CC3CC(C)(C)C4)cc2)CC1. The van der Waals surface area contributed by atoms with Crippen LogP contribution in [-0.4, -0.2) is 41.2 Å². The molecule has 1 heterocycles. The molecule has 2 aromatic rings. The highest BCUT2D eigenvalue weighted by atomic mass is 16.2. The molecule has 0 N–H and O–H groups in total. The minimum absolute atomic E-state index is 0.0449. The molecule has 1 aliphatic heterocycles. The van der Waals surface area contributed by atoms with Crippen molar-refractivity contribution in [3.8, 4) is 0 Å². The molecule has 2 aromatic carbocycles. The number of rotatable bonds is 4. The molecule has 5 rings (SSSR count). The monoisotopic (exact) mass is 430 g/mol. The molecule has 2 aliphatic carbocycles. The van der Waals surface area contributed by atoms with Crippen LogP contribution in [0.25, 0.3) is 0 Å². The highest BCUT2D eigenvalue weighted by Gasteiger charge is 2.52. The molecule has 1 saturated heterocycles. The fourth-order valence-electron chi connectivity index (χ4n) is 6.69. The van der Waals surface area contributed by atoms with Crippen molar-refractivity contribution in [2.24, 2.45) is 10.8 Å². The summed E-state index contributed by atoms with van der Waals surface area (Å²) in [5, 5.41) is 0. The molecule has 32 heavy (non-hydrogen) atoms. The van der Waals surface area contributed by atoms with Crippen LogP contribution < -0.4 is 0 Å². The van der Waals surface area contributed by atoms with Gasteiger partial charge in [0, 0.05) is 30.8 Å². The Morgan fingerprint density at radius 1 is 0.906 bits per heavy atom. The zero-order valence-electron chi connectivity index (χ0n) is 19.7. The van der Waals surface area contributed by atoms with Crippen molar-refractivity contribution in [3.05, 3.63) is 71.3 Å². The second-order valence-electron chi connectivity index (χ2n) is 11.5. The predicted molar refractivity (Wildman–Crippen MR) is 126 cm³/mol. The van der Waals surface area contributed by atoms with Gasteiger partial charge in [0.05, 0.1) is 5.54 Å². The van der Waals surface area contributed by atoms with Crippen LogP contribution in [0.5, 0.6) is 0 Å². The first-order chi connectivity index (χ1) is 15.1. The van der Waals surface area contributed by atoms with Gasteiger partial charge in [-0.25, -0.2) is 0 Å². The van der Waals surface area contributed by atoms with E-state index in [9.17, 15) is 9.59 Å². The number of likely N-dealkylation sites (tertiary alicyclic amines) is 1. The first kappa shape index (κ1) is 21.2. The molecule has 2 saturated carbocycles. The maximum atomic E-state index is 13.4. The first-order valence-corrected chi connectivity index (χ1v) is 11.9. The number of carbonyl (C=O) groups excluding carboxylic acids is 2. The Kier molecular flexibility index (Phi) is 4.77. The van der Waals surface area contributed by atoms with E-state index in [1.165, 1.54) is 6.42 Å². The third kappa shape index (κ3) is 3.54. The van der Waals surface area contributed by atoms with Crippen molar-refractivity contribution in [2.75, 3.05) is 13.6 Å². The highest BCUT2D eigenvalue weighted by Crippen LogP contribution is 2.53. The summed E-state index contributed by atoms with van der Waals surface area (Å²) < 4.78 is 0. The van der Waals surface area contributed by atoms with Gasteiger partial charge in [0.15, 0.2) is 0 Å². The largest absolute Gasteiger partial charge is 0.335 e. The molecule has 0 radical (unpaired) electrons. The topological polar surface area (TPSA) is 40.6 Å². The number of carbonyl (C=O) groups is 2. The van der Waals surface area contributed by atoms with E-state index in [4.69, 9.17) is 0 Å². The van der Waals surface area contributed by atoms with Crippen molar-refractivity contribution in [2.45, 2.75) is 64.5 Å². The van der Waals surface area contributed by atoms with Crippen molar-refractivity contribution in [3.63, 3.8) is 0 Å². The molecule has 3 fully saturated rings. The third-order valence-electron chi connectivity index (χ3n) is 8.04. The molecule has 2 unspecified atom stereocenters. The summed E-state index contributed by atoms with van der Waals surface area (Å²) in [6.07, 6.45) is 5.30. The first-order valence-electron chi connectivity index (χ1n) is 11.9. The van der Waals surface area contributed by atoms with E-state index >= 15 is 0 Å². The number of hydrogen-bond donors (Lipinski definition) is 0. The molecule has 3 aliphatic rings. The van der Waals surface area contributed by atoms with E-state index in [2.05, 4.69) is 37.8 Å². The number of benzene rings is 2. The van der Waals surface area contributed by atoms with Crippen molar-refractivity contribution < 1.29 is 9.59 Å². The minimum Gasteiger partial charge on any atom is -0.335 e. The zero-order chi connectivity index (χ0) is 22.7. The lowest BCUT2D eigenvalue weighted by Crippen LogP contribution is -2.38. The van der Waals surface area contributed by atoms with E-state index in [-0.39, 0.29) is 22.8 Å². The van der Waals surface area contributed by atoms with Crippen LogP contribution in [0.4, 0.5) is 0 Å². The lowest BCUT2D eigenvalue weighted by Gasteiger charge is -2.39. The molecule has 2 atom stereocenters. The molecule has 2 amide bonds. The van der Waals surface area contributed by atoms with E-state index in [0.29, 0.717) is 17.0 Å². The average molecular weight is 431 g/mol. The minimum atomic E-state index is -0.254. The fraction of sp³-hybridized carbons (Fsp3) is 0.500. The maximum absolute atomic E-state index is 13.4. The van der Waals surface area contributed by atoms with E-state index in [0.717, 1.165) is 43.4 Å². The van der Waals surface area contributed by atoms with E-state index in [1.807, 2.05) is 54.4 Å². The lowest BCUT2D eigenvalue weighted by molar-refractivity contribution is 0.0694. The Labute approximate surface area is 191 Å². The Morgan fingerprint density at radius 2 is 1.56 bits per heavy atom. The van der Waals surface area contributed by atoms with Gasteiger partial charge in [-0.15, -0.1) is 0 Å². The fourth-order valence-corrected chi connectivity index (χ4v) is 6.69. The molecule has 2 bridgehead atoms. The molecular weight excluding hydrogens is 396 g/mol. The van der Waals surface area contributed by atoms with E-state index < -0.39 is 0 Å². The van der Waals surface area contributed by atoms with Crippen LogP contribution in [0.1, 0.15) is 79.2 Å². The van der Waals surface area contributed by atoms with Crippen LogP contribution in [0, 0.1) is 10.8 Å².